The molecular weight excluding hydrogens is 457 g/mol. The fourth-order valence-corrected chi connectivity index (χ4v) is 4.14. The molecule has 0 aliphatic carbocycles. The molecule has 1 aromatic heterocycles. The van der Waals surface area contributed by atoms with Crippen molar-refractivity contribution in [3.63, 3.8) is 0 Å². The highest BCUT2D eigenvalue weighted by Crippen LogP contribution is 2.36. The average molecular weight is 497 g/mol. The number of rotatable bonds is 5. The van der Waals surface area contributed by atoms with Crippen LogP contribution in [0, 0.1) is 5.92 Å². The van der Waals surface area contributed by atoms with Gasteiger partial charge in [-0.15, -0.1) is 0 Å². The third kappa shape index (κ3) is 6.50. The van der Waals surface area contributed by atoms with Gasteiger partial charge in [-0.2, -0.15) is 0 Å². The summed E-state index contributed by atoms with van der Waals surface area (Å²) in [6, 6.07) is 11.9. The number of nitrogens with one attached hydrogen (secondary N) is 2. The van der Waals surface area contributed by atoms with Crippen LogP contribution >= 0.6 is 0 Å². The lowest BCUT2D eigenvalue weighted by molar-refractivity contribution is -0.133. The van der Waals surface area contributed by atoms with Crippen LogP contribution in [-0.2, 0) is 18.8 Å². The highest BCUT2D eigenvalue weighted by molar-refractivity contribution is 6.62. The number of methoxy groups -OCH3 is 1. The van der Waals surface area contributed by atoms with Crippen LogP contribution in [0.15, 0.2) is 42.6 Å². The summed E-state index contributed by atoms with van der Waals surface area (Å²) >= 11 is 0. The topological polar surface area (TPSA) is 92.9 Å². The number of hydrogen-bond donors (Lipinski definition) is 2. The first-order valence-corrected chi connectivity index (χ1v) is 12.7. The summed E-state index contributed by atoms with van der Waals surface area (Å²) in [5, 5.41) is 2.59. The normalized spacial score (nSPS) is 19.0. The van der Waals surface area contributed by atoms with Crippen molar-refractivity contribution in [1.82, 2.24) is 15.2 Å². The van der Waals surface area contributed by atoms with Crippen molar-refractivity contribution >= 4 is 24.6 Å². The van der Waals surface area contributed by atoms with Gasteiger partial charge in [0, 0.05) is 25.0 Å². The van der Waals surface area contributed by atoms with Gasteiger partial charge in [0.1, 0.15) is 6.04 Å². The van der Waals surface area contributed by atoms with Crippen molar-refractivity contribution < 1.29 is 23.6 Å². The molecule has 1 unspecified atom stereocenters. The molecule has 1 aromatic carbocycles. The van der Waals surface area contributed by atoms with E-state index >= 15 is 0 Å². The highest BCUT2D eigenvalue weighted by atomic mass is 16.7. The number of carbonyl (C=O) groups excluding carboxylic acids is 2. The lowest BCUT2D eigenvalue weighted by Crippen LogP contribution is -2.50. The molecule has 2 amide bonds. The molecule has 4 rings (SSSR count). The maximum absolute atomic E-state index is 12.1. The van der Waals surface area contributed by atoms with Crippen LogP contribution in [0.1, 0.15) is 54.4 Å². The molecule has 3 heterocycles. The standard InChI is InChI=1S/C16H20BNO2.C11H20N2O3/c1-15(2)16(3,4)20-17(19-15)13-9-7-12(8-10-13)14-6-5-11-18-14;1-8(2)9(12-11(15)16-3)10(14)13-6-4-5-7-13/h5-11,18H,1-4H3;8-9H,4-7H2,1-3H3,(H,12,15). The Kier molecular flexibility index (Phi) is 8.90. The Morgan fingerprint density at radius 3 is 2.08 bits per heavy atom. The number of likely N-dealkylation sites (tertiary alicyclic amines) is 1. The SMILES string of the molecule is CC1(C)OB(c2ccc(-c3ccc[nH]3)cc2)OC1(C)C.COC(=O)NC(C(=O)N1CCCC1)C(C)C. The molecule has 9 heteroatoms. The van der Waals surface area contributed by atoms with E-state index in [0.717, 1.165) is 42.7 Å². The molecule has 0 spiro atoms. The van der Waals surface area contributed by atoms with Gasteiger partial charge < -0.3 is 29.2 Å². The van der Waals surface area contributed by atoms with Gasteiger partial charge in [0.25, 0.3) is 0 Å². The molecule has 196 valence electrons. The van der Waals surface area contributed by atoms with Crippen LogP contribution in [0.4, 0.5) is 4.79 Å². The lowest BCUT2D eigenvalue weighted by Gasteiger charge is -2.32. The zero-order chi connectivity index (χ0) is 26.5. The summed E-state index contributed by atoms with van der Waals surface area (Å²) in [7, 11) is 1.00. The monoisotopic (exact) mass is 497 g/mol. The summed E-state index contributed by atoms with van der Waals surface area (Å²) < 4.78 is 16.6. The van der Waals surface area contributed by atoms with Crippen molar-refractivity contribution in [3.05, 3.63) is 42.6 Å². The van der Waals surface area contributed by atoms with Crippen LogP contribution < -0.4 is 10.8 Å². The Morgan fingerprint density at radius 2 is 1.61 bits per heavy atom. The van der Waals surface area contributed by atoms with E-state index in [-0.39, 0.29) is 30.1 Å². The molecular formula is C27H40BN3O5. The van der Waals surface area contributed by atoms with E-state index in [4.69, 9.17) is 9.31 Å². The van der Waals surface area contributed by atoms with Crippen LogP contribution in [-0.4, -0.2) is 66.4 Å². The maximum Gasteiger partial charge on any atom is 0.494 e. The fraction of sp³-hybridized carbons (Fsp3) is 0.556. The molecule has 1 atom stereocenters. The Morgan fingerprint density at radius 1 is 1.03 bits per heavy atom. The minimum atomic E-state index is -0.550. The summed E-state index contributed by atoms with van der Waals surface area (Å²) in [6.45, 7) is 13.7. The fourth-order valence-electron chi connectivity index (χ4n) is 4.14. The van der Waals surface area contributed by atoms with Gasteiger partial charge >= 0.3 is 13.2 Å². The number of alkyl carbamates (subject to hydrolysis) is 1. The molecule has 2 saturated heterocycles. The summed E-state index contributed by atoms with van der Waals surface area (Å²) in [5.74, 6) is 0.0603. The second-order valence-electron chi connectivity index (χ2n) is 10.7. The van der Waals surface area contributed by atoms with E-state index in [1.165, 1.54) is 7.11 Å². The van der Waals surface area contributed by atoms with Gasteiger partial charge in [-0.3, -0.25) is 4.79 Å². The van der Waals surface area contributed by atoms with E-state index < -0.39 is 12.1 Å². The van der Waals surface area contributed by atoms with Crippen LogP contribution in [0.3, 0.4) is 0 Å². The molecule has 2 aliphatic heterocycles. The molecule has 2 fully saturated rings. The first kappa shape index (κ1) is 27.8. The Bertz CT molecular complexity index is 983. The number of ether oxygens (including phenoxy) is 1. The summed E-state index contributed by atoms with van der Waals surface area (Å²) in [5.41, 5.74) is 2.74. The quantitative estimate of drug-likeness (QED) is 0.610. The number of aromatic amines is 1. The average Bonchev–Trinajstić information content (AvgIpc) is 3.59. The third-order valence-corrected chi connectivity index (χ3v) is 7.15. The van der Waals surface area contributed by atoms with E-state index in [9.17, 15) is 9.59 Å². The highest BCUT2D eigenvalue weighted by Gasteiger charge is 2.51. The smallest absolute Gasteiger partial charge is 0.453 e. The zero-order valence-corrected chi connectivity index (χ0v) is 22.6. The third-order valence-electron chi connectivity index (χ3n) is 7.15. The van der Waals surface area contributed by atoms with E-state index in [1.54, 1.807) is 4.90 Å². The molecule has 2 aliphatic rings. The lowest BCUT2D eigenvalue weighted by atomic mass is 9.79. The van der Waals surface area contributed by atoms with Crippen molar-refractivity contribution in [2.75, 3.05) is 20.2 Å². The summed E-state index contributed by atoms with van der Waals surface area (Å²) in [4.78, 5) is 28.2. The zero-order valence-electron chi connectivity index (χ0n) is 22.6. The van der Waals surface area contributed by atoms with Crippen molar-refractivity contribution in [2.45, 2.75) is 71.6 Å². The van der Waals surface area contributed by atoms with Gasteiger partial charge in [-0.05, 0) is 69.6 Å². The largest absolute Gasteiger partial charge is 0.494 e. The van der Waals surface area contributed by atoms with Crippen molar-refractivity contribution in [3.8, 4) is 11.3 Å². The van der Waals surface area contributed by atoms with Crippen LogP contribution in [0.2, 0.25) is 0 Å². The molecule has 2 N–H and O–H groups in total. The Balaban J connectivity index is 0.000000207. The molecule has 0 saturated carbocycles. The predicted octanol–water partition coefficient (Wildman–Crippen LogP) is 3.97. The van der Waals surface area contributed by atoms with Gasteiger partial charge in [0.05, 0.1) is 18.3 Å². The minimum absolute atomic E-state index is 0.00194. The first-order valence-electron chi connectivity index (χ1n) is 12.7. The molecule has 2 aromatic rings. The molecule has 36 heavy (non-hydrogen) atoms. The summed E-state index contributed by atoms with van der Waals surface area (Å²) in [6.07, 6.45) is 3.48. The van der Waals surface area contributed by atoms with E-state index in [0.29, 0.717) is 0 Å². The van der Waals surface area contributed by atoms with Gasteiger partial charge in [-0.1, -0.05) is 38.1 Å². The van der Waals surface area contributed by atoms with Gasteiger partial charge in [0.2, 0.25) is 5.91 Å². The van der Waals surface area contributed by atoms with Gasteiger partial charge in [0.15, 0.2) is 0 Å². The van der Waals surface area contributed by atoms with Gasteiger partial charge in [-0.25, -0.2) is 4.79 Å². The minimum Gasteiger partial charge on any atom is -0.453 e. The number of amides is 2. The van der Waals surface area contributed by atoms with Crippen LogP contribution in [0.5, 0.6) is 0 Å². The number of benzene rings is 1. The van der Waals surface area contributed by atoms with E-state index in [2.05, 4.69) is 73.1 Å². The number of carbonyl (C=O) groups is 2. The predicted molar refractivity (Wildman–Crippen MR) is 142 cm³/mol. The van der Waals surface area contributed by atoms with E-state index in [1.807, 2.05) is 26.1 Å². The van der Waals surface area contributed by atoms with Crippen molar-refractivity contribution in [2.24, 2.45) is 5.92 Å². The Hall–Kier alpha value is -2.78. The molecule has 0 bridgehead atoms. The number of H-pyrrole nitrogens is 1. The second kappa shape index (κ2) is 11.5. The number of hydrogen-bond acceptors (Lipinski definition) is 5. The molecule has 0 radical (unpaired) electrons. The molecule has 8 nitrogen and oxygen atoms in total. The maximum atomic E-state index is 12.1. The van der Waals surface area contributed by atoms with Crippen molar-refractivity contribution in [1.29, 1.82) is 0 Å². The first-order chi connectivity index (χ1) is 16.9. The second-order valence-corrected chi connectivity index (χ2v) is 10.7. The van der Waals surface area contributed by atoms with Crippen LogP contribution in [0.25, 0.3) is 11.3 Å². The number of aromatic nitrogens is 1. The Labute approximate surface area is 215 Å². The number of nitrogens with zero attached hydrogens (tertiary/aromatic N) is 1.